The van der Waals surface area contributed by atoms with E-state index in [-0.39, 0.29) is 18.7 Å². The van der Waals surface area contributed by atoms with Crippen molar-refractivity contribution in [1.82, 2.24) is 10.2 Å². The maximum atomic E-state index is 12.0. The molecule has 0 saturated heterocycles. The molecule has 23 heavy (non-hydrogen) atoms. The van der Waals surface area contributed by atoms with Gasteiger partial charge in [-0.15, -0.1) is 0 Å². The number of ether oxygens (including phenoxy) is 1. The van der Waals surface area contributed by atoms with E-state index in [9.17, 15) is 14.7 Å². The lowest BCUT2D eigenvalue weighted by molar-refractivity contribution is 0.0471. The Kier molecular flexibility index (Phi) is 7.12. The van der Waals surface area contributed by atoms with Crippen LogP contribution in [-0.2, 0) is 4.74 Å². The van der Waals surface area contributed by atoms with Crippen molar-refractivity contribution in [2.24, 2.45) is 5.92 Å². The Labute approximate surface area is 138 Å². The zero-order valence-electron chi connectivity index (χ0n) is 14.5. The van der Waals surface area contributed by atoms with E-state index in [1.807, 2.05) is 0 Å². The van der Waals surface area contributed by atoms with Crippen molar-refractivity contribution in [1.29, 1.82) is 0 Å². The van der Waals surface area contributed by atoms with Crippen molar-refractivity contribution < 1.29 is 24.5 Å². The quantitative estimate of drug-likeness (QED) is 0.719. The van der Waals surface area contributed by atoms with E-state index >= 15 is 0 Å². The molecule has 7 nitrogen and oxygen atoms in total. The predicted octanol–water partition coefficient (Wildman–Crippen LogP) is 2.43. The van der Waals surface area contributed by atoms with Crippen LogP contribution in [0.3, 0.4) is 0 Å². The molecule has 0 radical (unpaired) electrons. The topological polar surface area (TPSA) is 99.1 Å². The molecule has 0 bridgehead atoms. The van der Waals surface area contributed by atoms with Gasteiger partial charge in [-0.2, -0.15) is 0 Å². The normalized spacial score (nSPS) is 23.0. The molecule has 1 aliphatic rings. The third-order valence-electron chi connectivity index (χ3n) is 3.98. The molecule has 0 spiro atoms. The molecular formula is C16H30N2O5. The van der Waals surface area contributed by atoms with E-state index in [0.717, 1.165) is 25.7 Å². The van der Waals surface area contributed by atoms with Gasteiger partial charge in [0.1, 0.15) is 5.60 Å². The highest BCUT2D eigenvalue weighted by Gasteiger charge is 2.26. The summed E-state index contributed by atoms with van der Waals surface area (Å²) >= 11 is 0. The summed E-state index contributed by atoms with van der Waals surface area (Å²) in [5.74, 6) is 0.375. The molecule has 1 fully saturated rings. The minimum absolute atomic E-state index is 0.216. The molecule has 2 amide bonds. The predicted molar refractivity (Wildman–Crippen MR) is 86.4 cm³/mol. The molecular weight excluding hydrogens is 300 g/mol. The lowest BCUT2D eigenvalue weighted by Gasteiger charge is -2.31. The number of carbonyl (C=O) groups excluding carboxylic acids is 1. The molecule has 0 heterocycles. The molecule has 1 aliphatic carbocycles. The third-order valence-corrected chi connectivity index (χ3v) is 3.98. The SMILES string of the molecule is CN(C[C@H](C[C@H]1CC[C@@H](O)CC1)NC(=O)OC(C)(C)C)C(=O)O. The molecule has 3 N–H and O–H groups in total. The maximum absolute atomic E-state index is 12.0. The minimum atomic E-state index is -1.03. The summed E-state index contributed by atoms with van der Waals surface area (Å²) in [6.45, 7) is 5.57. The molecule has 1 saturated carbocycles. The molecule has 0 unspecified atom stereocenters. The van der Waals surface area contributed by atoms with Gasteiger partial charge in [0.25, 0.3) is 0 Å². The second-order valence-electron chi connectivity index (χ2n) is 7.42. The van der Waals surface area contributed by atoms with Gasteiger partial charge in [-0.3, -0.25) is 0 Å². The van der Waals surface area contributed by atoms with E-state index < -0.39 is 17.8 Å². The summed E-state index contributed by atoms with van der Waals surface area (Å²) in [4.78, 5) is 24.2. The zero-order chi connectivity index (χ0) is 17.6. The van der Waals surface area contributed by atoms with Crippen molar-refractivity contribution >= 4 is 12.2 Å². The van der Waals surface area contributed by atoms with E-state index in [0.29, 0.717) is 12.3 Å². The second kappa shape index (κ2) is 8.38. The van der Waals surface area contributed by atoms with Gasteiger partial charge in [-0.05, 0) is 58.8 Å². The van der Waals surface area contributed by atoms with E-state index in [1.165, 1.54) is 11.9 Å². The number of rotatable bonds is 5. The number of carboxylic acid groups (broad SMARTS) is 1. The summed E-state index contributed by atoms with van der Waals surface area (Å²) < 4.78 is 5.26. The van der Waals surface area contributed by atoms with E-state index in [4.69, 9.17) is 9.84 Å². The van der Waals surface area contributed by atoms with Crippen LogP contribution in [0.5, 0.6) is 0 Å². The monoisotopic (exact) mass is 330 g/mol. The fourth-order valence-electron chi connectivity index (χ4n) is 2.84. The zero-order valence-corrected chi connectivity index (χ0v) is 14.5. The largest absolute Gasteiger partial charge is 0.465 e. The van der Waals surface area contributed by atoms with Crippen LogP contribution in [0.2, 0.25) is 0 Å². The van der Waals surface area contributed by atoms with Gasteiger partial charge < -0.3 is 25.2 Å². The molecule has 7 heteroatoms. The van der Waals surface area contributed by atoms with Gasteiger partial charge in [0.2, 0.25) is 0 Å². The van der Waals surface area contributed by atoms with Crippen molar-refractivity contribution in [3.63, 3.8) is 0 Å². The minimum Gasteiger partial charge on any atom is -0.465 e. The molecule has 134 valence electrons. The molecule has 0 aromatic carbocycles. The lowest BCUT2D eigenvalue weighted by Crippen LogP contribution is -2.47. The standard InChI is InChI=1S/C16H30N2O5/c1-16(2,3)23-14(20)17-12(10-18(4)15(21)22)9-11-5-7-13(19)8-6-11/h11-13,19H,5-10H2,1-4H3,(H,17,20)(H,21,22)/t11-,12-,13+/m0/s1. The van der Waals surface area contributed by atoms with Gasteiger partial charge in [0.15, 0.2) is 0 Å². The summed E-state index contributed by atoms with van der Waals surface area (Å²) in [6.07, 6.45) is 2.21. The lowest BCUT2D eigenvalue weighted by atomic mass is 9.83. The van der Waals surface area contributed by atoms with Crippen molar-refractivity contribution in [2.45, 2.75) is 70.6 Å². The fourth-order valence-corrected chi connectivity index (χ4v) is 2.84. The fraction of sp³-hybridized carbons (Fsp3) is 0.875. The highest BCUT2D eigenvalue weighted by atomic mass is 16.6. The number of alkyl carbamates (subject to hydrolysis) is 1. The van der Waals surface area contributed by atoms with Crippen molar-refractivity contribution in [3.8, 4) is 0 Å². The molecule has 0 aliphatic heterocycles. The summed E-state index contributed by atoms with van der Waals surface area (Å²) in [6, 6.07) is -0.300. The molecule has 0 aromatic rings. The van der Waals surface area contributed by atoms with Gasteiger partial charge in [-0.25, -0.2) is 9.59 Å². The van der Waals surface area contributed by atoms with Crippen LogP contribution in [0.25, 0.3) is 0 Å². The van der Waals surface area contributed by atoms with Crippen LogP contribution in [0.15, 0.2) is 0 Å². The first-order valence-electron chi connectivity index (χ1n) is 8.18. The van der Waals surface area contributed by atoms with E-state index in [1.54, 1.807) is 20.8 Å². The first-order valence-corrected chi connectivity index (χ1v) is 8.18. The van der Waals surface area contributed by atoms with Crippen molar-refractivity contribution in [3.05, 3.63) is 0 Å². The average Bonchev–Trinajstić information content (AvgIpc) is 2.38. The number of aliphatic hydroxyl groups excluding tert-OH is 1. The number of carbonyl (C=O) groups is 2. The average molecular weight is 330 g/mol. The Morgan fingerprint density at radius 3 is 2.30 bits per heavy atom. The number of nitrogens with zero attached hydrogens (tertiary/aromatic N) is 1. The number of hydrogen-bond acceptors (Lipinski definition) is 4. The number of aliphatic hydroxyl groups is 1. The van der Waals surface area contributed by atoms with Crippen LogP contribution in [0, 0.1) is 5.92 Å². The van der Waals surface area contributed by atoms with Crippen LogP contribution in [0.4, 0.5) is 9.59 Å². The Balaban J connectivity index is 2.61. The number of nitrogens with one attached hydrogen (secondary N) is 1. The van der Waals surface area contributed by atoms with Crippen LogP contribution < -0.4 is 5.32 Å². The van der Waals surface area contributed by atoms with Crippen LogP contribution in [-0.4, -0.2) is 58.6 Å². The summed E-state index contributed by atoms with van der Waals surface area (Å²) in [7, 11) is 1.48. The summed E-state index contributed by atoms with van der Waals surface area (Å²) in [5, 5.41) is 21.4. The molecule has 1 rings (SSSR count). The van der Waals surface area contributed by atoms with E-state index in [2.05, 4.69) is 5.32 Å². The van der Waals surface area contributed by atoms with Crippen LogP contribution in [0.1, 0.15) is 52.9 Å². The Morgan fingerprint density at radius 1 is 1.26 bits per heavy atom. The first-order chi connectivity index (χ1) is 10.6. The van der Waals surface area contributed by atoms with Crippen LogP contribution >= 0.6 is 0 Å². The van der Waals surface area contributed by atoms with Crippen molar-refractivity contribution in [2.75, 3.05) is 13.6 Å². The van der Waals surface area contributed by atoms with Gasteiger partial charge in [0.05, 0.1) is 12.1 Å². The number of amides is 2. The van der Waals surface area contributed by atoms with Gasteiger partial charge >= 0.3 is 12.2 Å². The number of hydrogen-bond donors (Lipinski definition) is 3. The first kappa shape index (κ1) is 19.5. The third kappa shape index (κ3) is 8.06. The summed E-state index contributed by atoms with van der Waals surface area (Å²) in [5.41, 5.74) is -0.595. The highest BCUT2D eigenvalue weighted by molar-refractivity contribution is 5.68. The molecule has 0 aromatic heterocycles. The van der Waals surface area contributed by atoms with Gasteiger partial charge in [-0.1, -0.05) is 0 Å². The Morgan fingerprint density at radius 2 is 1.83 bits per heavy atom. The molecule has 1 atom stereocenters. The Hall–Kier alpha value is -1.50. The Bertz CT molecular complexity index is 400. The number of likely N-dealkylation sites (N-methyl/N-ethyl adjacent to an activating group) is 1. The maximum Gasteiger partial charge on any atom is 0.407 e. The highest BCUT2D eigenvalue weighted by Crippen LogP contribution is 2.28. The second-order valence-corrected chi connectivity index (χ2v) is 7.42. The van der Waals surface area contributed by atoms with Gasteiger partial charge in [0, 0.05) is 13.6 Å². The smallest absolute Gasteiger partial charge is 0.407 e.